The molecule has 2 N–H and O–H groups in total. The topological polar surface area (TPSA) is 84.3 Å². The molecule has 0 aliphatic heterocycles. The Bertz CT molecular complexity index is 499. The number of carbonyl (C=O) groups is 1. The van der Waals surface area contributed by atoms with E-state index in [1.807, 2.05) is 0 Å². The Morgan fingerprint density at radius 2 is 2.10 bits per heavy atom. The molecule has 0 spiro atoms. The first-order valence-electron chi connectivity index (χ1n) is 7.38. The number of aromatic nitrogens is 2. The maximum absolute atomic E-state index is 11.2. The zero-order chi connectivity index (χ0) is 15.3. The minimum Gasteiger partial charge on any atom is -0.481 e. The lowest BCUT2D eigenvalue weighted by Gasteiger charge is -2.36. The van der Waals surface area contributed by atoms with Crippen molar-refractivity contribution in [2.45, 2.75) is 45.4 Å². The van der Waals surface area contributed by atoms with Gasteiger partial charge in [-0.1, -0.05) is 19.3 Å². The van der Waals surface area contributed by atoms with Gasteiger partial charge in [-0.2, -0.15) is 4.98 Å². The first kappa shape index (κ1) is 15.5. The molecular formula is C15H23N3O3. The number of carboxylic acid groups (broad SMARTS) is 1. The van der Waals surface area contributed by atoms with Gasteiger partial charge in [0.15, 0.2) is 0 Å². The monoisotopic (exact) mass is 293 g/mol. The zero-order valence-corrected chi connectivity index (χ0v) is 12.7. The summed E-state index contributed by atoms with van der Waals surface area (Å²) in [6.07, 6.45) is 5.51. The summed E-state index contributed by atoms with van der Waals surface area (Å²) in [5.41, 5.74) is -0.170. The van der Waals surface area contributed by atoms with E-state index in [1.54, 1.807) is 20.1 Å². The van der Waals surface area contributed by atoms with E-state index in [0.29, 0.717) is 24.1 Å². The predicted octanol–water partition coefficient (Wildman–Crippen LogP) is 2.63. The van der Waals surface area contributed by atoms with Crippen LogP contribution in [0.3, 0.4) is 0 Å². The van der Waals surface area contributed by atoms with Crippen LogP contribution in [0.1, 0.15) is 44.3 Å². The number of hydrogen-bond donors (Lipinski definition) is 2. The van der Waals surface area contributed by atoms with Gasteiger partial charge in [-0.3, -0.25) is 4.79 Å². The molecule has 1 saturated carbocycles. The molecule has 1 aromatic heterocycles. The van der Waals surface area contributed by atoms with E-state index in [4.69, 9.17) is 4.74 Å². The van der Waals surface area contributed by atoms with Crippen molar-refractivity contribution in [3.8, 4) is 5.88 Å². The molecule has 0 unspecified atom stereocenters. The number of ether oxygens (including phenoxy) is 1. The van der Waals surface area contributed by atoms with Crippen LogP contribution < -0.4 is 10.1 Å². The molecule has 6 nitrogen and oxygen atoms in total. The standard InChI is InChI=1S/C15H23N3O3/c1-11-17-12(8-13(18-11)21-2)16-10-15(9-14(19)20)6-4-3-5-7-15/h8H,3-7,9-10H2,1-2H3,(H,19,20)(H,16,17,18). The molecule has 0 aromatic carbocycles. The molecule has 1 fully saturated rings. The smallest absolute Gasteiger partial charge is 0.303 e. The first-order valence-corrected chi connectivity index (χ1v) is 7.38. The van der Waals surface area contributed by atoms with Gasteiger partial charge in [-0.25, -0.2) is 4.98 Å². The van der Waals surface area contributed by atoms with Crippen molar-refractivity contribution in [1.82, 2.24) is 9.97 Å². The fourth-order valence-corrected chi connectivity index (χ4v) is 3.05. The Kier molecular flexibility index (Phi) is 4.98. The molecule has 0 radical (unpaired) electrons. The van der Waals surface area contributed by atoms with Crippen LogP contribution in [0, 0.1) is 12.3 Å². The highest BCUT2D eigenvalue weighted by Gasteiger charge is 2.34. The van der Waals surface area contributed by atoms with Crippen LogP contribution in [0.2, 0.25) is 0 Å². The third-order valence-corrected chi connectivity index (χ3v) is 4.11. The average Bonchev–Trinajstić information content (AvgIpc) is 2.45. The summed E-state index contributed by atoms with van der Waals surface area (Å²) >= 11 is 0. The predicted molar refractivity (Wildman–Crippen MR) is 79.6 cm³/mol. The summed E-state index contributed by atoms with van der Waals surface area (Å²) in [6.45, 7) is 2.43. The van der Waals surface area contributed by atoms with Crippen LogP contribution in [0.15, 0.2) is 6.07 Å². The Morgan fingerprint density at radius 3 is 2.71 bits per heavy atom. The van der Waals surface area contributed by atoms with Crippen LogP contribution in [0.4, 0.5) is 5.82 Å². The summed E-state index contributed by atoms with van der Waals surface area (Å²) in [7, 11) is 1.57. The summed E-state index contributed by atoms with van der Waals surface area (Å²) in [6, 6.07) is 1.74. The van der Waals surface area contributed by atoms with Crippen molar-refractivity contribution in [3.63, 3.8) is 0 Å². The first-order chi connectivity index (χ1) is 10.0. The summed E-state index contributed by atoms with van der Waals surface area (Å²) < 4.78 is 5.13. The molecule has 0 amide bonds. The number of rotatable bonds is 6. The highest BCUT2D eigenvalue weighted by atomic mass is 16.5. The van der Waals surface area contributed by atoms with Gasteiger partial charge in [-0.15, -0.1) is 0 Å². The molecule has 116 valence electrons. The normalized spacial score (nSPS) is 17.2. The maximum atomic E-state index is 11.2. The largest absolute Gasteiger partial charge is 0.481 e. The highest BCUT2D eigenvalue weighted by molar-refractivity contribution is 5.68. The average molecular weight is 293 g/mol. The molecular weight excluding hydrogens is 270 g/mol. The fourth-order valence-electron chi connectivity index (χ4n) is 3.05. The van der Waals surface area contributed by atoms with Gasteiger partial charge in [0.2, 0.25) is 5.88 Å². The summed E-state index contributed by atoms with van der Waals surface area (Å²) in [4.78, 5) is 19.6. The van der Waals surface area contributed by atoms with Gasteiger partial charge < -0.3 is 15.2 Å². The van der Waals surface area contributed by atoms with E-state index >= 15 is 0 Å². The Balaban J connectivity index is 2.07. The van der Waals surface area contributed by atoms with Crippen LogP contribution in [0.5, 0.6) is 5.88 Å². The van der Waals surface area contributed by atoms with Crippen molar-refractivity contribution in [2.24, 2.45) is 5.41 Å². The molecule has 0 saturated heterocycles. The van der Waals surface area contributed by atoms with Crippen molar-refractivity contribution >= 4 is 11.8 Å². The number of aliphatic carboxylic acids is 1. The minimum absolute atomic E-state index is 0.170. The molecule has 0 atom stereocenters. The van der Waals surface area contributed by atoms with E-state index in [1.165, 1.54) is 6.42 Å². The van der Waals surface area contributed by atoms with Crippen molar-refractivity contribution in [1.29, 1.82) is 0 Å². The highest BCUT2D eigenvalue weighted by Crippen LogP contribution is 2.39. The van der Waals surface area contributed by atoms with E-state index < -0.39 is 5.97 Å². The molecule has 1 aliphatic rings. The van der Waals surface area contributed by atoms with Crippen LogP contribution in [-0.4, -0.2) is 34.7 Å². The Hall–Kier alpha value is -1.85. The molecule has 1 aliphatic carbocycles. The van der Waals surface area contributed by atoms with Crippen LogP contribution >= 0.6 is 0 Å². The lowest BCUT2D eigenvalue weighted by Crippen LogP contribution is -2.34. The third kappa shape index (κ3) is 4.31. The minimum atomic E-state index is -0.727. The van der Waals surface area contributed by atoms with Crippen LogP contribution in [-0.2, 0) is 4.79 Å². The van der Waals surface area contributed by atoms with Gasteiger partial charge in [0, 0.05) is 12.6 Å². The zero-order valence-electron chi connectivity index (χ0n) is 12.7. The van der Waals surface area contributed by atoms with Gasteiger partial charge in [0.25, 0.3) is 0 Å². The summed E-state index contributed by atoms with van der Waals surface area (Å²) in [5, 5.41) is 12.5. The number of nitrogens with one attached hydrogen (secondary N) is 1. The second-order valence-corrected chi connectivity index (χ2v) is 5.83. The summed E-state index contributed by atoms with van der Waals surface area (Å²) in [5.74, 6) is 1.11. The second kappa shape index (κ2) is 6.74. The number of methoxy groups -OCH3 is 1. The quantitative estimate of drug-likeness (QED) is 0.838. The lowest BCUT2D eigenvalue weighted by atomic mass is 9.71. The Labute approximate surface area is 124 Å². The van der Waals surface area contributed by atoms with Gasteiger partial charge in [0.05, 0.1) is 13.5 Å². The van der Waals surface area contributed by atoms with Gasteiger partial charge in [-0.05, 0) is 25.2 Å². The third-order valence-electron chi connectivity index (χ3n) is 4.11. The molecule has 21 heavy (non-hydrogen) atoms. The van der Waals surface area contributed by atoms with E-state index in [0.717, 1.165) is 25.7 Å². The molecule has 1 heterocycles. The van der Waals surface area contributed by atoms with Crippen molar-refractivity contribution in [2.75, 3.05) is 19.0 Å². The number of nitrogens with zero attached hydrogens (tertiary/aromatic N) is 2. The maximum Gasteiger partial charge on any atom is 0.303 e. The van der Waals surface area contributed by atoms with Crippen molar-refractivity contribution < 1.29 is 14.6 Å². The van der Waals surface area contributed by atoms with Crippen molar-refractivity contribution in [3.05, 3.63) is 11.9 Å². The molecule has 0 bridgehead atoms. The van der Waals surface area contributed by atoms with E-state index in [9.17, 15) is 9.90 Å². The molecule has 6 heteroatoms. The number of hydrogen-bond acceptors (Lipinski definition) is 5. The molecule has 2 rings (SSSR count). The second-order valence-electron chi connectivity index (χ2n) is 5.83. The number of carboxylic acids is 1. The van der Waals surface area contributed by atoms with Gasteiger partial charge >= 0.3 is 5.97 Å². The Morgan fingerprint density at radius 1 is 1.38 bits per heavy atom. The number of anilines is 1. The molecule has 1 aromatic rings. The van der Waals surface area contributed by atoms with Gasteiger partial charge in [0.1, 0.15) is 11.6 Å². The fraction of sp³-hybridized carbons (Fsp3) is 0.667. The van der Waals surface area contributed by atoms with E-state index in [2.05, 4.69) is 15.3 Å². The van der Waals surface area contributed by atoms with Crippen LogP contribution in [0.25, 0.3) is 0 Å². The SMILES string of the molecule is COc1cc(NCC2(CC(=O)O)CCCCC2)nc(C)n1. The van der Waals surface area contributed by atoms with E-state index in [-0.39, 0.29) is 11.8 Å². The lowest BCUT2D eigenvalue weighted by molar-refractivity contribution is -0.140. The number of aryl methyl sites for hydroxylation is 1.